The van der Waals surface area contributed by atoms with E-state index in [-0.39, 0.29) is 41.6 Å². The number of rotatable bonds is 8. The standard InChI is InChI=1S/C26H26F2N4O5S/c27-24(28)37-20-8-6-17(7-9-20)16-21-23(34)32(26(36)38-21)15-12-29-22(33)18-10-13-31(14-11-18)25(35)30-19-4-2-1-3-5-19/h1-9,16,18,24H,10-15H2,(H,29,33)(H,30,35). The maximum atomic E-state index is 12.7. The molecule has 0 saturated carbocycles. The molecule has 2 N–H and O–H groups in total. The number of anilines is 1. The van der Waals surface area contributed by atoms with Crippen LogP contribution < -0.4 is 15.4 Å². The molecule has 2 heterocycles. The average molecular weight is 545 g/mol. The van der Waals surface area contributed by atoms with Crippen LogP contribution >= 0.6 is 11.8 Å². The Bertz CT molecular complexity index is 1200. The van der Waals surface area contributed by atoms with Crippen molar-refractivity contribution in [2.75, 3.05) is 31.5 Å². The van der Waals surface area contributed by atoms with Gasteiger partial charge in [-0.2, -0.15) is 8.78 Å². The smallest absolute Gasteiger partial charge is 0.387 e. The lowest BCUT2D eigenvalue weighted by Gasteiger charge is -2.31. The second kappa shape index (κ2) is 12.5. The van der Waals surface area contributed by atoms with E-state index in [1.54, 1.807) is 17.0 Å². The van der Waals surface area contributed by atoms with E-state index in [1.807, 2.05) is 18.2 Å². The highest BCUT2D eigenvalue weighted by Gasteiger charge is 2.35. The Labute approximate surface area is 222 Å². The van der Waals surface area contributed by atoms with Crippen LogP contribution in [0.3, 0.4) is 0 Å². The van der Waals surface area contributed by atoms with E-state index in [2.05, 4.69) is 15.4 Å². The summed E-state index contributed by atoms with van der Waals surface area (Å²) in [6.07, 6.45) is 2.52. The minimum absolute atomic E-state index is 0.0119. The quantitative estimate of drug-likeness (QED) is 0.478. The predicted molar refractivity (Wildman–Crippen MR) is 139 cm³/mol. The monoisotopic (exact) mass is 544 g/mol. The van der Waals surface area contributed by atoms with Crippen molar-refractivity contribution in [2.45, 2.75) is 19.5 Å². The lowest BCUT2D eigenvalue weighted by atomic mass is 9.96. The van der Waals surface area contributed by atoms with Crippen LogP contribution in [0.15, 0.2) is 59.5 Å². The number of hydrogen-bond acceptors (Lipinski definition) is 6. The molecule has 5 amide bonds. The highest BCUT2D eigenvalue weighted by atomic mass is 32.2. The fourth-order valence-corrected chi connectivity index (χ4v) is 4.96. The summed E-state index contributed by atoms with van der Waals surface area (Å²) in [4.78, 5) is 53.0. The Morgan fingerprint density at radius 2 is 1.74 bits per heavy atom. The lowest BCUT2D eigenvalue weighted by Crippen LogP contribution is -2.45. The third-order valence-electron chi connectivity index (χ3n) is 6.09. The lowest BCUT2D eigenvalue weighted by molar-refractivity contribution is -0.127. The zero-order valence-corrected chi connectivity index (χ0v) is 21.1. The van der Waals surface area contributed by atoms with Gasteiger partial charge in [-0.1, -0.05) is 30.3 Å². The SMILES string of the molecule is O=C(NCCN1C(=O)SC(=Cc2ccc(OC(F)F)cc2)C1=O)C1CCN(C(=O)Nc2ccccc2)CC1. The Balaban J connectivity index is 1.21. The minimum Gasteiger partial charge on any atom is -0.435 e. The highest BCUT2D eigenvalue weighted by molar-refractivity contribution is 8.18. The van der Waals surface area contributed by atoms with E-state index in [4.69, 9.17) is 0 Å². The second-order valence-electron chi connectivity index (χ2n) is 8.63. The molecule has 0 spiro atoms. The first-order valence-electron chi connectivity index (χ1n) is 12.0. The summed E-state index contributed by atoms with van der Waals surface area (Å²) < 4.78 is 28.9. The summed E-state index contributed by atoms with van der Waals surface area (Å²) >= 11 is 0.773. The number of para-hydroxylation sites is 1. The third-order valence-corrected chi connectivity index (χ3v) is 7.00. The van der Waals surface area contributed by atoms with Crippen molar-refractivity contribution >= 4 is 46.6 Å². The topological polar surface area (TPSA) is 108 Å². The summed E-state index contributed by atoms with van der Waals surface area (Å²) in [5.74, 6) is -0.939. The molecule has 0 bridgehead atoms. The first-order valence-corrected chi connectivity index (χ1v) is 12.8. The minimum atomic E-state index is -2.93. The summed E-state index contributed by atoms with van der Waals surface area (Å²) in [7, 11) is 0. The zero-order valence-electron chi connectivity index (χ0n) is 20.3. The van der Waals surface area contributed by atoms with E-state index in [9.17, 15) is 28.0 Å². The van der Waals surface area contributed by atoms with Crippen LogP contribution in [0.5, 0.6) is 5.75 Å². The van der Waals surface area contributed by atoms with Crippen LogP contribution in [0.25, 0.3) is 6.08 Å². The van der Waals surface area contributed by atoms with Crippen LogP contribution in [-0.2, 0) is 9.59 Å². The van der Waals surface area contributed by atoms with Crippen LogP contribution in [0.2, 0.25) is 0 Å². The van der Waals surface area contributed by atoms with E-state index in [0.717, 1.165) is 16.7 Å². The summed E-state index contributed by atoms with van der Waals surface area (Å²) in [6, 6.07) is 14.6. The van der Waals surface area contributed by atoms with Crippen molar-refractivity contribution in [3.8, 4) is 5.75 Å². The largest absolute Gasteiger partial charge is 0.435 e. The molecular formula is C26H26F2N4O5S. The fourth-order valence-electron chi connectivity index (χ4n) is 4.09. The van der Waals surface area contributed by atoms with Gasteiger partial charge in [0.2, 0.25) is 5.91 Å². The van der Waals surface area contributed by atoms with Crippen LogP contribution in [0.1, 0.15) is 18.4 Å². The molecule has 2 aliphatic heterocycles. The molecule has 2 saturated heterocycles. The van der Waals surface area contributed by atoms with Gasteiger partial charge in [0.05, 0.1) is 4.91 Å². The number of amides is 5. The van der Waals surface area contributed by atoms with E-state index in [0.29, 0.717) is 37.2 Å². The van der Waals surface area contributed by atoms with E-state index < -0.39 is 17.8 Å². The number of piperidine rings is 1. The van der Waals surface area contributed by atoms with Gasteiger partial charge in [0, 0.05) is 37.8 Å². The van der Waals surface area contributed by atoms with Crippen LogP contribution in [0, 0.1) is 5.92 Å². The van der Waals surface area contributed by atoms with Crippen molar-refractivity contribution < 1.29 is 32.7 Å². The molecule has 0 unspecified atom stereocenters. The molecule has 38 heavy (non-hydrogen) atoms. The number of ether oxygens (including phenoxy) is 1. The normalized spacial score (nSPS) is 17.3. The fraction of sp³-hybridized carbons (Fsp3) is 0.308. The number of thioether (sulfide) groups is 1. The summed E-state index contributed by atoms with van der Waals surface area (Å²) in [5, 5.41) is 5.16. The highest BCUT2D eigenvalue weighted by Crippen LogP contribution is 2.32. The van der Waals surface area contributed by atoms with Crippen molar-refractivity contribution in [1.29, 1.82) is 0 Å². The molecule has 2 aromatic carbocycles. The Morgan fingerprint density at radius 1 is 1.05 bits per heavy atom. The van der Waals surface area contributed by atoms with Gasteiger partial charge < -0.3 is 20.3 Å². The average Bonchev–Trinajstić information content (AvgIpc) is 3.17. The van der Waals surface area contributed by atoms with Gasteiger partial charge in [0.15, 0.2) is 0 Å². The number of imide groups is 1. The molecule has 9 nitrogen and oxygen atoms in total. The number of nitrogens with zero attached hydrogens (tertiary/aromatic N) is 2. The number of alkyl halides is 2. The molecule has 4 rings (SSSR count). The predicted octanol–water partition coefficient (Wildman–Crippen LogP) is 4.38. The summed E-state index contributed by atoms with van der Waals surface area (Å²) in [6.45, 7) is -1.91. The number of nitrogens with one attached hydrogen (secondary N) is 2. The Morgan fingerprint density at radius 3 is 2.39 bits per heavy atom. The van der Waals surface area contributed by atoms with Gasteiger partial charge in [-0.25, -0.2) is 4.79 Å². The first kappa shape index (κ1) is 27.1. The molecule has 2 fully saturated rings. The molecule has 0 atom stereocenters. The number of hydrogen-bond donors (Lipinski definition) is 2. The molecule has 0 aromatic heterocycles. The van der Waals surface area contributed by atoms with Gasteiger partial charge in [-0.05, 0) is 60.5 Å². The molecule has 2 aromatic rings. The van der Waals surface area contributed by atoms with Gasteiger partial charge in [0.1, 0.15) is 5.75 Å². The van der Waals surface area contributed by atoms with Crippen molar-refractivity contribution in [1.82, 2.24) is 15.1 Å². The van der Waals surface area contributed by atoms with Crippen molar-refractivity contribution in [2.24, 2.45) is 5.92 Å². The molecular weight excluding hydrogens is 518 g/mol. The number of likely N-dealkylation sites (tertiary alicyclic amines) is 1. The van der Waals surface area contributed by atoms with E-state index in [1.165, 1.54) is 30.3 Å². The van der Waals surface area contributed by atoms with Crippen LogP contribution in [0.4, 0.5) is 24.1 Å². The Hall–Kier alpha value is -3.93. The van der Waals surface area contributed by atoms with Crippen LogP contribution in [-0.4, -0.2) is 65.7 Å². The maximum Gasteiger partial charge on any atom is 0.387 e. The van der Waals surface area contributed by atoms with Gasteiger partial charge in [-0.15, -0.1) is 0 Å². The van der Waals surface area contributed by atoms with Crippen molar-refractivity contribution in [3.05, 3.63) is 65.1 Å². The van der Waals surface area contributed by atoms with Gasteiger partial charge in [0.25, 0.3) is 11.1 Å². The third kappa shape index (κ3) is 7.09. The molecule has 0 radical (unpaired) electrons. The number of carbonyl (C=O) groups is 4. The van der Waals surface area contributed by atoms with E-state index >= 15 is 0 Å². The molecule has 12 heteroatoms. The molecule has 2 aliphatic rings. The van der Waals surface area contributed by atoms with Gasteiger partial charge in [-0.3, -0.25) is 19.3 Å². The molecule has 200 valence electrons. The zero-order chi connectivity index (χ0) is 27.1. The number of halogens is 2. The van der Waals surface area contributed by atoms with Crippen molar-refractivity contribution in [3.63, 3.8) is 0 Å². The number of urea groups is 1. The second-order valence-corrected chi connectivity index (χ2v) is 9.62. The summed E-state index contributed by atoms with van der Waals surface area (Å²) in [5.41, 5.74) is 1.26. The Kier molecular flexibility index (Phi) is 8.95. The first-order chi connectivity index (χ1) is 18.3. The van der Waals surface area contributed by atoms with Gasteiger partial charge >= 0.3 is 12.6 Å². The number of benzene rings is 2. The number of carbonyl (C=O) groups excluding carboxylic acids is 4. The molecule has 0 aliphatic carbocycles. The maximum absolute atomic E-state index is 12.7.